The number of non-ortho nitro benzene ring substituents is 1. The molecule has 0 unspecified atom stereocenters. The van der Waals surface area contributed by atoms with Gasteiger partial charge in [-0.1, -0.05) is 12.1 Å². The second-order valence-corrected chi connectivity index (χ2v) is 3.76. The zero-order valence-electron chi connectivity index (χ0n) is 9.22. The van der Waals surface area contributed by atoms with Crippen molar-refractivity contribution in [1.29, 1.82) is 0 Å². The Morgan fingerprint density at radius 2 is 2.11 bits per heavy atom. The lowest BCUT2D eigenvalue weighted by atomic mass is 10.1. The predicted octanol–water partition coefficient (Wildman–Crippen LogP) is 2.30. The minimum atomic E-state index is -0.419. The summed E-state index contributed by atoms with van der Waals surface area (Å²) in [5.74, 6) is 0. The quantitative estimate of drug-likeness (QED) is 0.509. The van der Waals surface area contributed by atoms with Crippen LogP contribution >= 0.6 is 0 Å². The van der Waals surface area contributed by atoms with Gasteiger partial charge >= 0.3 is 0 Å². The molecule has 0 radical (unpaired) electrons. The molecule has 3 rings (SSSR count). The summed E-state index contributed by atoms with van der Waals surface area (Å²) < 4.78 is 1.63. The first-order valence-corrected chi connectivity index (χ1v) is 5.29. The number of nitro benzene ring substituents is 1. The summed E-state index contributed by atoms with van der Waals surface area (Å²) in [5, 5.41) is 15.0. The maximum absolute atomic E-state index is 10.7. The Bertz CT molecular complexity index is 703. The van der Waals surface area contributed by atoms with Crippen molar-refractivity contribution in [2.75, 3.05) is 0 Å². The zero-order valence-corrected chi connectivity index (χ0v) is 9.22. The van der Waals surface area contributed by atoms with Gasteiger partial charge in [0.1, 0.15) is 0 Å². The fraction of sp³-hybridized carbons (Fsp3) is 0. The number of benzene rings is 1. The SMILES string of the molecule is O=[N+]([O-])c1cccc(-c2cc3ncccn3n2)c1. The molecule has 0 amide bonds. The highest BCUT2D eigenvalue weighted by atomic mass is 16.6. The smallest absolute Gasteiger partial charge is 0.258 e. The van der Waals surface area contributed by atoms with Crippen LogP contribution in [-0.2, 0) is 0 Å². The Hall–Kier alpha value is -2.76. The van der Waals surface area contributed by atoms with Gasteiger partial charge in [0.2, 0.25) is 0 Å². The monoisotopic (exact) mass is 240 g/mol. The normalized spacial score (nSPS) is 10.7. The summed E-state index contributed by atoms with van der Waals surface area (Å²) >= 11 is 0. The fourth-order valence-corrected chi connectivity index (χ4v) is 1.75. The van der Waals surface area contributed by atoms with Crippen molar-refractivity contribution in [3.05, 3.63) is 58.9 Å². The van der Waals surface area contributed by atoms with Crippen LogP contribution in [0.15, 0.2) is 48.8 Å². The predicted molar refractivity (Wildman–Crippen MR) is 65.1 cm³/mol. The Kier molecular flexibility index (Phi) is 2.26. The van der Waals surface area contributed by atoms with Gasteiger partial charge in [-0.15, -0.1) is 0 Å². The minimum absolute atomic E-state index is 0.0533. The van der Waals surface area contributed by atoms with Crippen LogP contribution in [0.5, 0.6) is 0 Å². The third kappa shape index (κ3) is 1.69. The van der Waals surface area contributed by atoms with Gasteiger partial charge in [-0.05, 0) is 6.07 Å². The molecule has 2 aromatic heterocycles. The van der Waals surface area contributed by atoms with E-state index in [2.05, 4.69) is 10.1 Å². The van der Waals surface area contributed by atoms with E-state index in [1.54, 1.807) is 41.2 Å². The van der Waals surface area contributed by atoms with Gasteiger partial charge in [0.25, 0.3) is 5.69 Å². The second-order valence-electron chi connectivity index (χ2n) is 3.76. The van der Waals surface area contributed by atoms with Crippen LogP contribution in [0.2, 0.25) is 0 Å². The summed E-state index contributed by atoms with van der Waals surface area (Å²) in [6.07, 6.45) is 3.46. The highest BCUT2D eigenvalue weighted by molar-refractivity contribution is 5.66. The number of rotatable bonds is 2. The molecule has 0 aliphatic rings. The summed E-state index contributed by atoms with van der Waals surface area (Å²) in [7, 11) is 0. The van der Waals surface area contributed by atoms with Crippen LogP contribution in [0.1, 0.15) is 0 Å². The number of hydrogen-bond acceptors (Lipinski definition) is 4. The van der Waals surface area contributed by atoms with Gasteiger partial charge < -0.3 is 0 Å². The van der Waals surface area contributed by atoms with Crippen molar-refractivity contribution in [3.63, 3.8) is 0 Å². The molecule has 0 N–H and O–H groups in total. The Morgan fingerprint density at radius 3 is 2.89 bits per heavy atom. The van der Waals surface area contributed by atoms with Crippen LogP contribution in [0.4, 0.5) is 5.69 Å². The van der Waals surface area contributed by atoms with E-state index in [9.17, 15) is 10.1 Å². The molecule has 18 heavy (non-hydrogen) atoms. The van der Waals surface area contributed by atoms with Gasteiger partial charge in [0, 0.05) is 36.2 Å². The summed E-state index contributed by atoms with van der Waals surface area (Å²) in [4.78, 5) is 14.5. The molecule has 3 aromatic rings. The van der Waals surface area contributed by atoms with Gasteiger partial charge in [0.05, 0.1) is 10.6 Å². The summed E-state index contributed by atoms with van der Waals surface area (Å²) in [5.41, 5.74) is 2.13. The molecule has 0 bridgehead atoms. The van der Waals surface area contributed by atoms with Gasteiger partial charge in [-0.25, -0.2) is 9.50 Å². The average molecular weight is 240 g/mol. The first-order chi connectivity index (χ1) is 8.74. The van der Waals surface area contributed by atoms with Crippen LogP contribution in [0.3, 0.4) is 0 Å². The lowest BCUT2D eigenvalue weighted by Crippen LogP contribution is -1.89. The van der Waals surface area contributed by atoms with Crippen molar-refractivity contribution in [3.8, 4) is 11.3 Å². The Labute approximate surface area is 102 Å². The molecule has 2 heterocycles. The van der Waals surface area contributed by atoms with Crippen molar-refractivity contribution in [2.45, 2.75) is 0 Å². The molecule has 0 fully saturated rings. The number of aromatic nitrogens is 3. The second kappa shape index (κ2) is 3.92. The van der Waals surface area contributed by atoms with Crippen molar-refractivity contribution in [1.82, 2.24) is 14.6 Å². The molecule has 0 aliphatic carbocycles. The first kappa shape index (κ1) is 10.4. The zero-order chi connectivity index (χ0) is 12.5. The van der Waals surface area contributed by atoms with Crippen LogP contribution < -0.4 is 0 Å². The average Bonchev–Trinajstić information content (AvgIpc) is 2.82. The molecule has 88 valence electrons. The molecular weight excluding hydrogens is 232 g/mol. The number of hydrogen-bond donors (Lipinski definition) is 0. The largest absolute Gasteiger partial charge is 0.270 e. The molecule has 0 saturated heterocycles. The lowest BCUT2D eigenvalue weighted by Gasteiger charge is -1.95. The van der Waals surface area contributed by atoms with E-state index >= 15 is 0 Å². The Morgan fingerprint density at radius 1 is 1.22 bits per heavy atom. The molecular formula is C12H8N4O2. The molecule has 0 saturated carbocycles. The van der Waals surface area contributed by atoms with Crippen molar-refractivity contribution >= 4 is 11.3 Å². The van der Waals surface area contributed by atoms with Crippen LogP contribution in [0, 0.1) is 10.1 Å². The van der Waals surface area contributed by atoms with E-state index in [-0.39, 0.29) is 5.69 Å². The molecule has 1 aromatic carbocycles. The number of fused-ring (bicyclic) bond motifs is 1. The minimum Gasteiger partial charge on any atom is -0.258 e. The topological polar surface area (TPSA) is 73.3 Å². The standard InChI is InChI=1S/C12H8N4O2/c17-16(18)10-4-1-3-9(7-10)11-8-12-13-5-2-6-15(12)14-11/h1-8H. The van der Waals surface area contributed by atoms with E-state index in [0.29, 0.717) is 16.9 Å². The van der Waals surface area contributed by atoms with Crippen LogP contribution in [-0.4, -0.2) is 19.5 Å². The molecule has 0 spiro atoms. The Balaban J connectivity index is 2.13. The first-order valence-electron chi connectivity index (χ1n) is 5.29. The van der Waals surface area contributed by atoms with Gasteiger partial charge in [-0.2, -0.15) is 5.10 Å². The van der Waals surface area contributed by atoms with E-state index in [1.807, 2.05) is 0 Å². The van der Waals surface area contributed by atoms with Crippen molar-refractivity contribution in [2.24, 2.45) is 0 Å². The maximum Gasteiger partial charge on any atom is 0.270 e. The fourth-order valence-electron chi connectivity index (χ4n) is 1.75. The number of nitro groups is 1. The highest BCUT2D eigenvalue weighted by Gasteiger charge is 2.09. The summed E-state index contributed by atoms with van der Waals surface area (Å²) in [6, 6.07) is 9.95. The molecule has 0 aliphatic heterocycles. The highest BCUT2D eigenvalue weighted by Crippen LogP contribution is 2.23. The van der Waals surface area contributed by atoms with Gasteiger partial charge in [-0.3, -0.25) is 10.1 Å². The van der Waals surface area contributed by atoms with E-state index in [4.69, 9.17) is 0 Å². The van der Waals surface area contributed by atoms with E-state index in [1.165, 1.54) is 12.1 Å². The number of nitrogens with zero attached hydrogens (tertiary/aromatic N) is 4. The molecule has 6 nitrogen and oxygen atoms in total. The molecule has 6 heteroatoms. The van der Waals surface area contributed by atoms with E-state index < -0.39 is 4.92 Å². The van der Waals surface area contributed by atoms with Crippen LogP contribution in [0.25, 0.3) is 16.9 Å². The van der Waals surface area contributed by atoms with E-state index in [0.717, 1.165) is 0 Å². The summed E-state index contributed by atoms with van der Waals surface area (Å²) in [6.45, 7) is 0. The van der Waals surface area contributed by atoms with Crippen molar-refractivity contribution < 1.29 is 4.92 Å². The third-order valence-corrected chi connectivity index (χ3v) is 2.59. The van der Waals surface area contributed by atoms with Gasteiger partial charge in [0.15, 0.2) is 5.65 Å². The molecule has 0 atom stereocenters. The lowest BCUT2D eigenvalue weighted by molar-refractivity contribution is -0.384. The maximum atomic E-state index is 10.7. The third-order valence-electron chi connectivity index (χ3n) is 2.59.